The van der Waals surface area contributed by atoms with Crippen molar-refractivity contribution in [2.75, 3.05) is 7.05 Å². The van der Waals surface area contributed by atoms with Gasteiger partial charge in [0.15, 0.2) is 0 Å². The van der Waals surface area contributed by atoms with Crippen LogP contribution in [-0.2, 0) is 0 Å². The molecule has 0 aliphatic carbocycles. The summed E-state index contributed by atoms with van der Waals surface area (Å²) in [6.07, 6.45) is 2.68. The van der Waals surface area contributed by atoms with Gasteiger partial charge >= 0.3 is 68.9 Å². The Morgan fingerprint density at radius 3 is 2.86 bits per heavy atom. The quantitative estimate of drug-likeness (QED) is 0.611. The van der Waals surface area contributed by atoms with Crippen LogP contribution >= 0.6 is 11.3 Å². The summed E-state index contributed by atoms with van der Waals surface area (Å²) in [7, 11) is 1.73. The van der Waals surface area contributed by atoms with Crippen LogP contribution in [0.2, 0.25) is 0 Å². The van der Waals surface area contributed by atoms with E-state index in [1.165, 1.54) is 0 Å². The molecule has 1 N–H and O–H groups in total. The van der Waals surface area contributed by atoms with Crippen molar-refractivity contribution in [2.45, 2.75) is 0 Å². The second-order valence-electron chi connectivity index (χ2n) is 2.06. The second-order valence-corrected chi connectivity index (χ2v) is 2.98. The summed E-state index contributed by atoms with van der Waals surface area (Å²) >= 11 is 1.63. The molecule has 0 fully saturated rings. The molecular formula is C9H12CsN3S-2. The third-order valence-corrected chi connectivity index (χ3v) is 2.28. The SMILES string of the molecule is CN=c1n[c-][nH]c2sccc12.[CH3-].[CH3-].[Cs+]. The number of aromatic amines is 1. The van der Waals surface area contributed by atoms with Crippen molar-refractivity contribution < 1.29 is 68.9 Å². The average Bonchev–Trinajstić information content (AvgIpc) is 2.50. The fraction of sp³-hybridized carbons (Fsp3) is 0.111. The predicted octanol–water partition coefficient (Wildman–Crippen LogP) is -1.14. The molecule has 2 aromatic heterocycles. The van der Waals surface area contributed by atoms with E-state index >= 15 is 0 Å². The molecule has 2 aromatic rings. The van der Waals surface area contributed by atoms with Gasteiger partial charge in [0.2, 0.25) is 0 Å². The Morgan fingerprint density at radius 1 is 1.50 bits per heavy atom. The molecule has 0 spiro atoms. The van der Waals surface area contributed by atoms with Gasteiger partial charge in [-0.25, -0.2) is 0 Å². The standard InChI is InChI=1S/C7H6N3S.2CH3.Cs/c1-8-6-5-2-3-11-7(5)10-4-9-6;;;/h2-3H,1H3,(H,8,9,10);2*1H3;/q3*-1;+1. The van der Waals surface area contributed by atoms with Crippen LogP contribution in [0.1, 0.15) is 0 Å². The molecular weight excluding hydrogens is 315 g/mol. The number of nitrogens with zero attached hydrogens (tertiary/aromatic N) is 2. The zero-order valence-corrected chi connectivity index (χ0v) is 16.1. The van der Waals surface area contributed by atoms with Crippen molar-refractivity contribution >= 4 is 21.6 Å². The van der Waals surface area contributed by atoms with E-state index in [0.29, 0.717) is 0 Å². The van der Waals surface area contributed by atoms with Crippen molar-refractivity contribution in [2.24, 2.45) is 4.99 Å². The van der Waals surface area contributed by atoms with Gasteiger partial charge in [-0.2, -0.15) is 11.3 Å². The summed E-state index contributed by atoms with van der Waals surface area (Å²) < 4.78 is 0. The molecule has 0 aromatic carbocycles. The maximum Gasteiger partial charge on any atom is 1.00 e. The van der Waals surface area contributed by atoms with Crippen LogP contribution in [0.3, 0.4) is 0 Å². The molecule has 0 aliphatic heterocycles. The number of aromatic nitrogens is 2. The van der Waals surface area contributed by atoms with E-state index in [1.54, 1.807) is 18.4 Å². The first-order valence-electron chi connectivity index (χ1n) is 3.18. The number of hydrogen-bond donors (Lipinski definition) is 1. The largest absolute Gasteiger partial charge is 1.00 e. The van der Waals surface area contributed by atoms with E-state index in [0.717, 1.165) is 15.7 Å². The average molecular weight is 327 g/mol. The van der Waals surface area contributed by atoms with Crippen LogP contribution in [-0.4, -0.2) is 17.0 Å². The van der Waals surface area contributed by atoms with Gasteiger partial charge in [-0.05, 0) is 10.2 Å². The summed E-state index contributed by atoms with van der Waals surface area (Å²) in [6, 6.07) is 2.00. The molecule has 0 unspecified atom stereocenters. The van der Waals surface area contributed by atoms with Crippen LogP contribution < -0.4 is 74.4 Å². The summed E-state index contributed by atoms with van der Waals surface area (Å²) in [5.41, 5.74) is 0.750. The Morgan fingerprint density at radius 2 is 2.21 bits per heavy atom. The topological polar surface area (TPSA) is 41.0 Å². The molecule has 72 valence electrons. The molecule has 2 rings (SSSR count). The van der Waals surface area contributed by atoms with Crippen LogP contribution in [0.5, 0.6) is 0 Å². The number of rotatable bonds is 0. The Labute approximate surface area is 147 Å². The molecule has 2 heterocycles. The Kier molecular flexibility index (Phi) is 9.99. The maximum atomic E-state index is 4.02. The minimum Gasteiger partial charge on any atom is -0.444 e. The molecule has 0 saturated heterocycles. The summed E-state index contributed by atoms with van der Waals surface area (Å²) in [5.74, 6) is 0. The van der Waals surface area contributed by atoms with Crippen molar-refractivity contribution in [1.29, 1.82) is 0 Å². The zero-order chi connectivity index (χ0) is 7.68. The van der Waals surface area contributed by atoms with Gasteiger partial charge in [0.05, 0.1) is 0 Å². The van der Waals surface area contributed by atoms with Gasteiger partial charge in [-0.1, -0.05) is 11.5 Å². The first-order valence-corrected chi connectivity index (χ1v) is 4.06. The van der Waals surface area contributed by atoms with Crippen molar-refractivity contribution in [1.82, 2.24) is 9.97 Å². The maximum absolute atomic E-state index is 4.02. The molecule has 14 heavy (non-hydrogen) atoms. The third kappa shape index (κ3) is 3.48. The molecule has 0 saturated carbocycles. The number of H-pyrrole nitrogens is 1. The van der Waals surface area contributed by atoms with Gasteiger partial charge in [-0.15, -0.1) is 0 Å². The minimum atomic E-state index is 0. The van der Waals surface area contributed by atoms with E-state index in [4.69, 9.17) is 0 Å². The van der Waals surface area contributed by atoms with Crippen LogP contribution in [0.15, 0.2) is 16.4 Å². The molecule has 5 heteroatoms. The van der Waals surface area contributed by atoms with Gasteiger partial charge in [-0.3, -0.25) is 0 Å². The first kappa shape index (κ1) is 17.3. The van der Waals surface area contributed by atoms with E-state index in [9.17, 15) is 0 Å². The minimum absolute atomic E-state index is 0. The van der Waals surface area contributed by atoms with Crippen LogP contribution in [0.4, 0.5) is 0 Å². The smallest absolute Gasteiger partial charge is 0.444 e. The molecule has 3 nitrogen and oxygen atoms in total. The number of hydrogen-bond acceptors (Lipinski definition) is 3. The molecule has 0 aliphatic rings. The molecule has 0 bridgehead atoms. The Hall–Kier alpha value is 0.892. The number of nitrogens with one attached hydrogen (secondary N) is 1. The summed E-state index contributed by atoms with van der Waals surface area (Å²) in [5, 5.41) is 3.07. The molecule has 0 atom stereocenters. The van der Waals surface area contributed by atoms with Crippen LogP contribution in [0, 0.1) is 21.2 Å². The van der Waals surface area contributed by atoms with E-state index in [-0.39, 0.29) is 83.7 Å². The number of thiophene rings is 1. The first-order chi connectivity index (χ1) is 5.42. The molecule has 0 radical (unpaired) electrons. The van der Waals surface area contributed by atoms with Gasteiger partial charge in [0.25, 0.3) is 0 Å². The van der Waals surface area contributed by atoms with E-state index in [1.807, 2.05) is 11.4 Å². The fourth-order valence-corrected chi connectivity index (χ4v) is 1.68. The predicted molar refractivity (Wildman–Crippen MR) is 57.1 cm³/mol. The van der Waals surface area contributed by atoms with Crippen LogP contribution in [0.25, 0.3) is 10.2 Å². The molecule has 0 amide bonds. The normalized spacial score (nSPS) is 9.93. The summed E-state index contributed by atoms with van der Waals surface area (Å²) in [6.45, 7) is 0. The van der Waals surface area contributed by atoms with E-state index < -0.39 is 0 Å². The Bertz CT molecular complexity index is 433. The number of fused-ring (bicyclic) bond motifs is 1. The Balaban J connectivity index is 0. The monoisotopic (exact) mass is 327 g/mol. The second kappa shape index (κ2) is 8.09. The zero-order valence-electron chi connectivity index (χ0n) is 8.96. The van der Waals surface area contributed by atoms with Gasteiger partial charge in [0.1, 0.15) is 0 Å². The van der Waals surface area contributed by atoms with Crippen molar-refractivity contribution in [3.05, 3.63) is 38.1 Å². The van der Waals surface area contributed by atoms with Crippen molar-refractivity contribution in [3.8, 4) is 0 Å². The van der Waals surface area contributed by atoms with Gasteiger partial charge < -0.3 is 29.8 Å². The summed E-state index contributed by atoms with van der Waals surface area (Å²) in [4.78, 5) is 12.0. The van der Waals surface area contributed by atoms with E-state index in [2.05, 4.69) is 21.3 Å². The van der Waals surface area contributed by atoms with Gasteiger partial charge in [0, 0.05) is 18.9 Å². The fourth-order valence-electron chi connectivity index (χ4n) is 0.945. The van der Waals surface area contributed by atoms with Crippen molar-refractivity contribution in [3.63, 3.8) is 0 Å². The third-order valence-electron chi connectivity index (χ3n) is 1.45.